The fourth-order valence-electron chi connectivity index (χ4n) is 3.52. The maximum absolute atomic E-state index is 9.91. The van der Waals surface area contributed by atoms with E-state index in [1.807, 2.05) is 24.3 Å². The largest absolute Gasteiger partial charge is 0.508 e. The normalized spacial score (nSPS) is 11.5. The van der Waals surface area contributed by atoms with Crippen molar-refractivity contribution in [2.75, 3.05) is 6.54 Å². The van der Waals surface area contributed by atoms with Crippen molar-refractivity contribution < 1.29 is 10.2 Å². The molecule has 0 aliphatic heterocycles. The average Bonchev–Trinajstić information content (AvgIpc) is 2.87. The van der Waals surface area contributed by atoms with Gasteiger partial charge in [0.15, 0.2) is 0 Å². The molecule has 0 radical (unpaired) electrons. The summed E-state index contributed by atoms with van der Waals surface area (Å²) in [6.45, 7) is 8.37. The van der Waals surface area contributed by atoms with Crippen LogP contribution in [0.15, 0.2) is 42.5 Å². The Kier molecular flexibility index (Phi) is 5.52. The van der Waals surface area contributed by atoms with Gasteiger partial charge in [0, 0.05) is 23.5 Å². The Balaban J connectivity index is 1.96. The fraction of sp³-hybridized carbons (Fsp3) is 0.364. The Morgan fingerprint density at radius 1 is 0.962 bits per heavy atom. The van der Waals surface area contributed by atoms with Gasteiger partial charge in [0.2, 0.25) is 0 Å². The SMILES string of the molecule is Cc1c(-c2ccc(O)cc2)n(CCCCNC(C)C)c2ccc(O)cc12. The second-order valence-electron chi connectivity index (χ2n) is 7.19. The van der Waals surface area contributed by atoms with E-state index in [4.69, 9.17) is 0 Å². The van der Waals surface area contributed by atoms with Gasteiger partial charge in [0.05, 0.1) is 5.69 Å². The van der Waals surface area contributed by atoms with Crippen LogP contribution in [0.3, 0.4) is 0 Å². The summed E-state index contributed by atoms with van der Waals surface area (Å²) in [5.41, 5.74) is 4.53. The van der Waals surface area contributed by atoms with Crippen molar-refractivity contribution in [1.82, 2.24) is 9.88 Å². The molecular formula is C22H28N2O2. The van der Waals surface area contributed by atoms with Crippen LogP contribution < -0.4 is 5.32 Å². The van der Waals surface area contributed by atoms with Crippen LogP contribution in [0.4, 0.5) is 0 Å². The van der Waals surface area contributed by atoms with Crippen molar-refractivity contribution in [3.05, 3.63) is 48.0 Å². The van der Waals surface area contributed by atoms with Crippen molar-refractivity contribution in [2.24, 2.45) is 0 Å². The van der Waals surface area contributed by atoms with E-state index >= 15 is 0 Å². The van der Waals surface area contributed by atoms with Crippen LogP contribution >= 0.6 is 0 Å². The van der Waals surface area contributed by atoms with Gasteiger partial charge in [0.1, 0.15) is 11.5 Å². The van der Waals surface area contributed by atoms with Crippen LogP contribution in [0.1, 0.15) is 32.3 Å². The Labute approximate surface area is 155 Å². The number of nitrogens with zero attached hydrogens (tertiary/aromatic N) is 1. The van der Waals surface area contributed by atoms with Crippen molar-refractivity contribution in [3.8, 4) is 22.8 Å². The molecule has 0 spiro atoms. The van der Waals surface area contributed by atoms with E-state index in [9.17, 15) is 10.2 Å². The highest BCUT2D eigenvalue weighted by Crippen LogP contribution is 2.35. The van der Waals surface area contributed by atoms with Crippen LogP contribution in [0.2, 0.25) is 0 Å². The van der Waals surface area contributed by atoms with Crippen molar-refractivity contribution in [3.63, 3.8) is 0 Å². The van der Waals surface area contributed by atoms with Crippen LogP contribution in [0.5, 0.6) is 11.5 Å². The molecule has 2 aromatic carbocycles. The molecule has 0 amide bonds. The molecule has 0 bridgehead atoms. The highest BCUT2D eigenvalue weighted by Gasteiger charge is 2.16. The molecular weight excluding hydrogens is 324 g/mol. The molecule has 0 aliphatic rings. The van der Waals surface area contributed by atoms with Crippen molar-refractivity contribution >= 4 is 10.9 Å². The molecule has 0 saturated heterocycles. The molecule has 0 unspecified atom stereocenters. The van der Waals surface area contributed by atoms with E-state index in [1.54, 1.807) is 18.2 Å². The van der Waals surface area contributed by atoms with E-state index in [0.717, 1.165) is 53.7 Å². The van der Waals surface area contributed by atoms with Crippen LogP contribution in [0, 0.1) is 6.92 Å². The Hall–Kier alpha value is -2.46. The highest BCUT2D eigenvalue weighted by atomic mass is 16.3. The number of hydrogen-bond acceptors (Lipinski definition) is 3. The van der Waals surface area contributed by atoms with Crippen LogP contribution in [0.25, 0.3) is 22.2 Å². The summed E-state index contributed by atoms with van der Waals surface area (Å²) >= 11 is 0. The molecule has 3 rings (SSSR count). The number of aryl methyl sites for hydroxylation is 2. The number of hydrogen-bond donors (Lipinski definition) is 3. The molecule has 4 heteroatoms. The summed E-state index contributed by atoms with van der Waals surface area (Å²) < 4.78 is 2.34. The summed E-state index contributed by atoms with van der Waals surface area (Å²) in [6.07, 6.45) is 2.19. The van der Waals surface area contributed by atoms with Gasteiger partial charge in [-0.1, -0.05) is 13.8 Å². The second-order valence-corrected chi connectivity index (χ2v) is 7.19. The van der Waals surface area contributed by atoms with Gasteiger partial charge in [-0.3, -0.25) is 0 Å². The topological polar surface area (TPSA) is 57.4 Å². The predicted molar refractivity (Wildman–Crippen MR) is 108 cm³/mol. The lowest BCUT2D eigenvalue weighted by atomic mass is 10.1. The van der Waals surface area contributed by atoms with Gasteiger partial charge in [-0.05, 0) is 79.9 Å². The molecule has 26 heavy (non-hydrogen) atoms. The third-order valence-corrected chi connectivity index (χ3v) is 4.80. The first kappa shape index (κ1) is 18.3. The first-order valence-electron chi connectivity index (χ1n) is 9.32. The van der Waals surface area contributed by atoms with E-state index in [2.05, 4.69) is 30.7 Å². The summed E-state index contributed by atoms with van der Waals surface area (Å²) in [6, 6.07) is 13.4. The minimum absolute atomic E-state index is 0.270. The van der Waals surface area contributed by atoms with E-state index in [1.165, 1.54) is 0 Å². The molecule has 3 aromatic rings. The van der Waals surface area contributed by atoms with Crippen molar-refractivity contribution in [2.45, 2.75) is 46.2 Å². The first-order chi connectivity index (χ1) is 12.5. The standard InChI is InChI=1S/C22H28N2O2/c1-15(2)23-12-4-5-13-24-21-11-10-19(26)14-20(21)16(3)22(24)17-6-8-18(25)9-7-17/h6-11,14-15,23,25-26H,4-5,12-13H2,1-3H3. The zero-order valence-corrected chi connectivity index (χ0v) is 15.8. The number of aromatic hydroxyl groups is 2. The minimum atomic E-state index is 0.270. The average molecular weight is 352 g/mol. The van der Waals surface area contributed by atoms with E-state index in [0.29, 0.717) is 6.04 Å². The van der Waals surface area contributed by atoms with Gasteiger partial charge in [-0.15, -0.1) is 0 Å². The summed E-state index contributed by atoms with van der Waals surface area (Å²) in [7, 11) is 0. The second kappa shape index (κ2) is 7.83. The number of phenols is 2. The Bertz CT molecular complexity index is 879. The lowest BCUT2D eigenvalue weighted by Crippen LogP contribution is -2.23. The summed E-state index contributed by atoms with van der Waals surface area (Å²) in [5.74, 6) is 0.558. The molecule has 138 valence electrons. The number of unbranched alkanes of at least 4 members (excludes halogenated alkanes) is 1. The maximum atomic E-state index is 9.91. The quantitative estimate of drug-likeness (QED) is 0.535. The third kappa shape index (κ3) is 3.86. The fourth-order valence-corrected chi connectivity index (χ4v) is 3.52. The van der Waals surface area contributed by atoms with E-state index < -0.39 is 0 Å². The molecule has 0 saturated carbocycles. The number of phenolic OH excluding ortho intramolecular Hbond substituents is 2. The van der Waals surface area contributed by atoms with Crippen LogP contribution in [-0.4, -0.2) is 27.4 Å². The van der Waals surface area contributed by atoms with Gasteiger partial charge < -0.3 is 20.1 Å². The minimum Gasteiger partial charge on any atom is -0.508 e. The van der Waals surface area contributed by atoms with Gasteiger partial charge in [-0.25, -0.2) is 0 Å². The molecule has 0 fully saturated rings. The number of nitrogens with one attached hydrogen (secondary N) is 1. The maximum Gasteiger partial charge on any atom is 0.116 e. The number of aromatic nitrogens is 1. The molecule has 0 aliphatic carbocycles. The van der Waals surface area contributed by atoms with Gasteiger partial charge in [0.25, 0.3) is 0 Å². The molecule has 4 nitrogen and oxygen atoms in total. The molecule has 1 heterocycles. The molecule has 0 atom stereocenters. The molecule has 1 aromatic heterocycles. The number of benzene rings is 2. The Morgan fingerprint density at radius 3 is 2.35 bits per heavy atom. The monoisotopic (exact) mass is 352 g/mol. The van der Waals surface area contributed by atoms with Gasteiger partial charge >= 0.3 is 0 Å². The lowest BCUT2D eigenvalue weighted by molar-refractivity contribution is 0.475. The summed E-state index contributed by atoms with van der Waals surface area (Å²) in [4.78, 5) is 0. The Morgan fingerprint density at radius 2 is 1.65 bits per heavy atom. The lowest BCUT2D eigenvalue weighted by Gasteiger charge is -2.13. The highest BCUT2D eigenvalue weighted by molar-refractivity contribution is 5.92. The zero-order valence-electron chi connectivity index (χ0n) is 15.8. The number of fused-ring (bicyclic) bond motifs is 1. The van der Waals surface area contributed by atoms with Crippen molar-refractivity contribution in [1.29, 1.82) is 0 Å². The third-order valence-electron chi connectivity index (χ3n) is 4.80. The van der Waals surface area contributed by atoms with Gasteiger partial charge in [-0.2, -0.15) is 0 Å². The van der Waals surface area contributed by atoms with E-state index in [-0.39, 0.29) is 11.5 Å². The predicted octanol–water partition coefficient (Wildman–Crippen LogP) is 4.81. The summed E-state index contributed by atoms with van der Waals surface area (Å²) in [5, 5.41) is 24.1. The zero-order chi connectivity index (χ0) is 18.7. The van der Waals surface area contributed by atoms with Crippen LogP contribution in [-0.2, 0) is 6.54 Å². The first-order valence-corrected chi connectivity index (χ1v) is 9.32. The smallest absolute Gasteiger partial charge is 0.116 e. The molecule has 3 N–H and O–H groups in total. The number of rotatable bonds is 7.